The lowest BCUT2D eigenvalue weighted by Gasteiger charge is -2.60. The lowest BCUT2D eigenvalue weighted by Crippen LogP contribution is -3.43. The Bertz CT molecular complexity index is 773. The van der Waals surface area contributed by atoms with Gasteiger partial charge in [-0.05, 0) is 32.0 Å². The summed E-state index contributed by atoms with van der Waals surface area (Å²) in [5.74, 6) is -0.497. The molecule has 4 aliphatic rings. The first-order chi connectivity index (χ1) is 12.1. The number of hydrogen-bond donors (Lipinski definition) is 4. The zero-order valence-electron chi connectivity index (χ0n) is 14.6. The number of nitrogens with zero attached hydrogens (tertiary/aromatic N) is 2. The molecule has 140 valence electrons. The van der Waals surface area contributed by atoms with Crippen LogP contribution in [0.4, 0.5) is 0 Å². The molecule has 1 aromatic carbocycles. The first-order valence-electron chi connectivity index (χ1n) is 8.56. The number of quaternary nitrogens is 2. The topological polar surface area (TPSA) is 136 Å². The Morgan fingerprint density at radius 1 is 0.962 bits per heavy atom. The van der Waals surface area contributed by atoms with Gasteiger partial charge in [0, 0.05) is 9.85 Å². The van der Waals surface area contributed by atoms with Crippen LogP contribution in [-0.4, -0.2) is 57.3 Å². The summed E-state index contributed by atoms with van der Waals surface area (Å²) in [6.45, 7) is 4.16. The number of hydrogen-bond acceptors (Lipinski definition) is 6. The van der Waals surface area contributed by atoms with Crippen molar-refractivity contribution >= 4 is 0 Å². The molecule has 0 atom stereocenters. The molecule has 4 fully saturated rings. The smallest absolute Gasteiger partial charge is 0.329 e. The highest BCUT2D eigenvalue weighted by Crippen LogP contribution is 2.48. The molecule has 4 saturated heterocycles. The molecular formula is C16H22N4O6+2. The lowest BCUT2D eigenvalue weighted by molar-refractivity contribution is -1.20. The van der Waals surface area contributed by atoms with Crippen molar-refractivity contribution in [1.29, 1.82) is 0 Å². The van der Waals surface area contributed by atoms with E-state index in [1.54, 1.807) is 19.9 Å². The van der Waals surface area contributed by atoms with Crippen LogP contribution in [0.15, 0.2) is 18.2 Å². The Kier molecular flexibility index (Phi) is 3.15. The van der Waals surface area contributed by atoms with Crippen LogP contribution in [-0.2, 0) is 0 Å². The van der Waals surface area contributed by atoms with Crippen molar-refractivity contribution in [1.82, 2.24) is 0 Å². The summed E-state index contributed by atoms with van der Waals surface area (Å²) in [7, 11) is 0. The molecule has 5 rings (SSSR count). The molecule has 0 aromatic heterocycles. The minimum Gasteiger partial charge on any atom is -0.504 e. The predicted molar refractivity (Wildman–Crippen MR) is 87.1 cm³/mol. The van der Waals surface area contributed by atoms with Crippen molar-refractivity contribution in [2.24, 2.45) is 5.41 Å². The van der Waals surface area contributed by atoms with Crippen molar-refractivity contribution < 1.29 is 29.9 Å². The minimum atomic E-state index is -1.36. The molecule has 4 bridgehead atoms. The second kappa shape index (κ2) is 4.83. The number of phenolic OH excluding ortho intramolecular Hbond substituents is 2. The number of benzene rings is 1. The Morgan fingerprint density at radius 3 is 1.81 bits per heavy atom. The second-order valence-corrected chi connectivity index (χ2v) is 8.41. The van der Waals surface area contributed by atoms with Gasteiger partial charge in [-0.25, -0.2) is 0 Å². The van der Waals surface area contributed by atoms with E-state index in [1.807, 2.05) is 0 Å². The van der Waals surface area contributed by atoms with Crippen LogP contribution < -0.4 is 9.80 Å². The van der Waals surface area contributed by atoms with E-state index in [2.05, 4.69) is 0 Å². The fourth-order valence-electron chi connectivity index (χ4n) is 5.67. The van der Waals surface area contributed by atoms with E-state index in [0.717, 1.165) is 15.4 Å². The molecule has 4 aliphatic heterocycles. The van der Waals surface area contributed by atoms with Crippen LogP contribution >= 0.6 is 0 Å². The van der Waals surface area contributed by atoms with E-state index in [0.29, 0.717) is 0 Å². The number of rotatable bonds is 3. The Morgan fingerprint density at radius 2 is 1.42 bits per heavy atom. The standard InChI is InChI=1S/C16H20N4O6/c1-14(2)15(19(23)24)6-17-8-16(14,20(25)26)9-18(7-15)13(17)10-3-4-11(21)12(22)5-10/h3-5,13,21-22H,6-9H2,1-2H3/p+2. The summed E-state index contributed by atoms with van der Waals surface area (Å²) in [5, 5.41) is 43.5. The molecule has 0 amide bonds. The Hall–Kier alpha value is -2.46. The predicted octanol–water partition coefficient (Wildman–Crippen LogP) is -2.04. The van der Waals surface area contributed by atoms with Crippen molar-refractivity contribution in [3.8, 4) is 11.5 Å². The molecule has 0 aliphatic carbocycles. The van der Waals surface area contributed by atoms with Gasteiger partial charge in [-0.1, -0.05) is 0 Å². The second-order valence-electron chi connectivity index (χ2n) is 8.41. The van der Waals surface area contributed by atoms with Gasteiger partial charge in [0.05, 0.1) is 5.56 Å². The molecular weight excluding hydrogens is 344 g/mol. The maximum atomic E-state index is 12.1. The van der Waals surface area contributed by atoms with Crippen molar-refractivity contribution in [3.05, 3.63) is 44.0 Å². The van der Waals surface area contributed by atoms with Crippen LogP contribution in [0.5, 0.6) is 11.5 Å². The van der Waals surface area contributed by atoms with Crippen LogP contribution in [0.3, 0.4) is 0 Å². The molecule has 1 aromatic rings. The van der Waals surface area contributed by atoms with Gasteiger partial charge in [-0.2, -0.15) is 0 Å². The molecule has 26 heavy (non-hydrogen) atoms. The van der Waals surface area contributed by atoms with Crippen molar-refractivity contribution in [3.63, 3.8) is 0 Å². The maximum Gasteiger partial charge on any atom is 0.329 e. The Balaban J connectivity index is 1.84. The third-order valence-corrected chi connectivity index (χ3v) is 7.25. The summed E-state index contributed by atoms with van der Waals surface area (Å²) in [6.07, 6.45) is -0.237. The highest BCUT2D eigenvalue weighted by atomic mass is 16.6. The molecule has 0 unspecified atom stereocenters. The molecule has 4 N–H and O–H groups in total. The summed E-state index contributed by atoms with van der Waals surface area (Å²) in [6, 6.07) is 4.50. The van der Waals surface area contributed by atoms with Gasteiger partial charge in [-0.15, -0.1) is 0 Å². The van der Waals surface area contributed by atoms with Gasteiger partial charge in [0.15, 0.2) is 37.7 Å². The number of aromatic hydroxyl groups is 2. The fourth-order valence-corrected chi connectivity index (χ4v) is 5.67. The average Bonchev–Trinajstić information content (AvgIpc) is 2.53. The minimum absolute atomic E-state index is 0.207. The van der Waals surface area contributed by atoms with Gasteiger partial charge in [0.1, 0.15) is 5.41 Å². The van der Waals surface area contributed by atoms with Crippen LogP contribution in [0, 0.1) is 25.6 Å². The van der Waals surface area contributed by atoms with E-state index in [-0.39, 0.29) is 53.7 Å². The zero-order valence-corrected chi connectivity index (χ0v) is 14.6. The molecule has 4 heterocycles. The van der Waals surface area contributed by atoms with E-state index < -0.39 is 16.5 Å². The molecule has 0 radical (unpaired) electrons. The first kappa shape index (κ1) is 17.0. The first-order valence-corrected chi connectivity index (χ1v) is 8.56. The van der Waals surface area contributed by atoms with E-state index in [1.165, 1.54) is 12.1 Å². The monoisotopic (exact) mass is 366 g/mol. The third-order valence-electron chi connectivity index (χ3n) is 7.25. The number of phenols is 2. The molecule has 10 nitrogen and oxygen atoms in total. The van der Waals surface area contributed by atoms with Crippen LogP contribution in [0.25, 0.3) is 0 Å². The number of nitrogens with one attached hydrogen (secondary N) is 2. The largest absolute Gasteiger partial charge is 0.504 e. The zero-order chi connectivity index (χ0) is 19.1. The SMILES string of the molecule is CC1(C)C2([N+](=O)[O-])C[NH+]3CC1([N+](=O)[O-])C[NH+](C2)C3c1ccc(O)c(O)c1. The summed E-state index contributed by atoms with van der Waals surface area (Å²) in [4.78, 5) is 25.1. The third kappa shape index (κ3) is 1.73. The number of piperidine rings is 2. The summed E-state index contributed by atoms with van der Waals surface area (Å²) >= 11 is 0. The van der Waals surface area contributed by atoms with Gasteiger partial charge < -0.3 is 10.2 Å². The number of nitro groups is 2. The average molecular weight is 366 g/mol. The molecule has 10 heteroatoms. The van der Waals surface area contributed by atoms with E-state index >= 15 is 0 Å². The normalized spacial score (nSPS) is 39.7. The van der Waals surface area contributed by atoms with Gasteiger partial charge in [0.25, 0.3) is 0 Å². The summed E-state index contributed by atoms with van der Waals surface area (Å²) in [5.41, 5.74) is -3.07. The summed E-state index contributed by atoms with van der Waals surface area (Å²) < 4.78 is 0. The molecule has 0 spiro atoms. The highest BCUT2D eigenvalue weighted by molar-refractivity contribution is 5.41. The van der Waals surface area contributed by atoms with E-state index in [9.17, 15) is 30.4 Å². The quantitative estimate of drug-likeness (QED) is 0.277. The highest BCUT2D eigenvalue weighted by Gasteiger charge is 2.87. The van der Waals surface area contributed by atoms with Crippen molar-refractivity contribution in [2.75, 3.05) is 26.2 Å². The molecule has 0 saturated carbocycles. The van der Waals surface area contributed by atoms with Crippen LogP contribution in [0.1, 0.15) is 25.6 Å². The van der Waals surface area contributed by atoms with Crippen molar-refractivity contribution in [2.45, 2.75) is 31.1 Å². The van der Waals surface area contributed by atoms with Crippen LogP contribution in [0.2, 0.25) is 0 Å². The van der Waals surface area contributed by atoms with Gasteiger partial charge in [0.2, 0.25) is 6.17 Å². The Labute approximate surface area is 148 Å². The lowest BCUT2D eigenvalue weighted by atomic mass is 9.53. The van der Waals surface area contributed by atoms with Gasteiger partial charge in [-0.3, -0.25) is 30.0 Å². The fraction of sp³-hybridized carbons (Fsp3) is 0.625. The van der Waals surface area contributed by atoms with E-state index in [4.69, 9.17) is 0 Å². The maximum absolute atomic E-state index is 12.1. The van der Waals surface area contributed by atoms with Gasteiger partial charge >= 0.3 is 11.1 Å².